The zero-order chi connectivity index (χ0) is 17.0. The average molecular weight is 444 g/mol. The van der Waals surface area contributed by atoms with Crippen LogP contribution >= 0.6 is 24.0 Å². The molecular weight excluding hydrogens is 411 g/mol. The van der Waals surface area contributed by atoms with E-state index in [0.717, 1.165) is 30.6 Å². The second-order valence-electron chi connectivity index (χ2n) is 7.86. The molecule has 0 amide bonds. The number of hydrogen-bond donors (Lipinski definition) is 2. The Bertz CT molecular complexity index is 546. The smallest absolute Gasteiger partial charge is 0.193 e. The number of halogens is 1. The van der Waals surface area contributed by atoms with Crippen LogP contribution in [0.15, 0.2) is 29.3 Å². The fraction of sp³-hybridized carbons (Fsp3) is 0.632. The third-order valence-electron chi connectivity index (χ3n) is 4.65. The first kappa shape index (κ1) is 21.2. The molecule has 0 aliphatic carbocycles. The summed E-state index contributed by atoms with van der Waals surface area (Å²) in [6.45, 7) is 14.3. The van der Waals surface area contributed by atoms with Gasteiger partial charge in [0, 0.05) is 24.3 Å². The molecule has 2 unspecified atom stereocenters. The third kappa shape index (κ3) is 6.24. The molecule has 1 saturated heterocycles. The molecule has 136 valence electrons. The number of nitrogens with zero attached hydrogens (tertiary/aromatic N) is 2. The molecule has 2 atom stereocenters. The lowest BCUT2D eigenvalue weighted by atomic mass is 9.88. The standard InChI is InChI=1S/C19H32N4.HI/c1-14-7-6-8-17(10-14)22-18(20)21-13-19(4,5)23-11-15(2)9-16(3)12-23;/h6-8,10,15-16H,9,11-13H2,1-5H3,(H3,20,21,22);1H. The first-order valence-electron chi connectivity index (χ1n) is 8.65. The summed E-state index contributed by atoms with van der Waals surface area (Å²) in [7, 11) is 0. The Morgan fingerprint density at radius 3 is 2.50 bits per heavy atom. The zero-order valence-electron chi connectivity index (χ0n) is 15.7. The number of rotatable bonds is 4. The van der Waals surface area contributed by atoms with Crippen molar-refractivity contribution in [1.82, 2.24) is 4.90 Å². The number of guanidine groups is 1. The van der Waals surface area contributed by atoms with E-state index in [-0.39, 0.29) is 29.5 Å². The summed E-state index contributed by atoms with van der Waals surface area (Å²) >= 11 is 0. The van der Waals surface area contributed by atoms with Gasteiger partial charge in [0.25, 0.3) is 0 Å². The van der Waals surface area contributed by atoms with Crippen LogP contribution in [0.3, 0.4) is 0 Å². The molecule has 0 aromatic heterocycles. The van der Waals surface area contributed by atoms with Crippen molar-refractivity contribution < 1.29 is 0 Å². The number of nitrogens with two attached hydrogens (primary N) is 1. The van der Waals surface area contributed by atoms with Crippen molar-refractivity contribution in [2.45, 2.75) is 46.6 Å². The van der Waals surface area contributed by atoms with Gasteiger partial charge in [-0.25, -0.2) is 0 Å². The van der Waals surface area contributed by atoms with Crippen LogP contribution in [-0.4, -0.2) is 36.0 Å². The molecular formula is C19H33IN4. The quantitative estimate of drug-likeness (QED) is 0.418. The van der Waals surface area contributed by atoms with Gasteiger partial charge >= 0.3 is 0 Å². The second-order valence-corrected chi connectivity index (χ2v) is 7.86. The lowest BCUT2D eigenvalue weighted by Gasteiger charge is -2.44. The summed E-state index contributed by atoms with van der Waals surface area (Å²) < 4.78 is 0. The van der Waals surface area contributed by atoms with Crippen molar-refractivity contribution in [1.29, 1.82) is 0 Å². The lowest BCUT2D eigenvalue weighted by molar-refractivity contribution is 0.0513. The molecule has 4 nitrogen and oxygen atoms in total. The number of hydrogen-bond acceptors (Lipinski definition) is 2. The van der Waals surface area contributed by atoms with E-state index < -0.39 is 0 Å². The highest BCUT2D eigenvalue weighted by Gasteiger charge is 2.32. The molecule has 1 aliphatic rings. The fourth-order valence-corrected chi connectivity index (χ4v) is 3.45. The minimum absolute atomic E-state index is 0. The molecule has 1 heterocycles. The second kappa shape index (κ2) is 9.04. The summed E-state index contributed by atoms with van der Waals surface area (Å²) in [5, 5.41) is 3.19. The van der Waals surface area contributed by atoms with Gasteiger partial charge in [-0.15, -0.1) is 24.0 Å². The molecule has 0 radical (unpaired) electrons. The van der Waals surface area contributed by atoms with E-state index in [1.807, 2.05) is 12.1 Å². The van der Waals surface area contributed by atoms with E-state index in [9.17, 15) is 0 Å². The topological polar surface area (TPSA) is 53.6 Å². The van der Waals surface area contributed by atoms with E-state index in [1.54, 1.807) is 0 Å². The Kier molecular flexibility index (Phi) is 7.99. The number of anilines is 1. The summed E-state index contributed by atoms with van der Waals surface area (Å²) in [6.07, 6.45) is 1.33. The highest BCUT2D eigenvalue weighted by atomic mass is 127. The van der Waals surface area contributed by atoms with Crippen LogP contribution in [0.5, 0.6) is 0 Å². The maximum Gasteiger partial charge on any atom is 0.193 e. The van der Waals surface area contributed by atoms with Gasteiger partial charge in [0.1, 0.15) is 0 Å². The van der Waals surface area contributed by atoms with E-state index in [0.29, 0.717) is 12.5 Å². The number of likely N-dealkylation sites (tertiary alicyclic amines) is 1. The molecule has 1 fully saturated rings. The van der Waals surface area contributed by atoms with Gasteiger partial charge in [0.2, 0.25) is 0 Å². The molecule has 3 N–H and O–H groups in total. The van der Waals surface area contributed by atoms with Gasteiger partial charge in [0.15, 0.2) is 5.96 Å². The SMILES string of the molecule is Cc1cccc(NC(N)=NCC(C)(C)N2CC(C)CC(C)C2)c1.I. The van der Waals surface area contributed by atoms with Gasteiger partial charge in [-0.05, 0) is 56.7 Å². The molecule has 1 aromatic carbocycles. The molecule has 5 heteroatoms. The average Bonchev–Trinajstić information content (AvgIpc) is 2.44. The summed E-state index contributed by atoms with van der Waals surface area (Å²) in [4.78, 5) is 7.15. The maximum atomic E-state index is 6.07. The van der Waals surface area contributed by atoms with Crippen molar-refractivity contribution >= 4 is 35.6 Å². The Morgan fingerprint density at radius 2 is 1.92 bits per heavy atom. The number of nitrogens with one attached hydrogen (secondary N) is 1. The Hall–Kier alpha value is -0.820. The minimum Gasteiger partial charge on any atom is -0.370 e. The van der Waals surface area contributed by atoms with E-state index in [2.05, 4.69) is 62.0 Å². The first-order chi connectivity index (χ1) is 10.8. The van der Waals surface area contributed by atoms with Crippen LogP contribution in [0.25, 0.3) is 0 Å². The van der Waals surface area contributed by atoms with Gasteiger partial charge in [0.05, 0.1) is 6.54 Å². The van der Waals surface area contributed by atoms with Crippen LogP contribution in [0.2, 0.25) is 0 Å². The van der Waals surface area contributed by atoms with Crippen LogP contribution < -0.4 is 11.1 Å². The Balaban J connectivity index is 0.00000288. The van der Waals surface area contributed by atoms with Crippen molar-refractivity contribution in [2.75, 3.05) is 25.0 Å². The first-order valence-corrected chi connectivity index (χ1v) is 8.65. The fourth-order valence-electron chi connectivity index (χ4n) is 3.45. The Morgan fingerprint density at radius 1 is 1.29 bits per heavy atom. The molecule has 1 aliphatic heterocycles. The number of benzene rings is 1. The maximum absolute atomic E-state index is 6.07. The largest absolute Gasteiger partial charge is 0.370 e. The van der Waals surface area contributed by atoms with Crippen molar-refractivity contribution in [3.63, 3.8) is 0 Å². The van der Waals surface area contributed by atoms with Gasteiger partial charge in [-0.1, -0.05) is 26.0 Å². The number of aryl methyl sites for hydroxylation is 1. The Labute approximate surface area is 164 Å². The molecule has 1 aromatic rings. The minimum atomic E-state index is 0. The predicted octanol–water partition coefficient (Wildman–Crippen LogP) is 4.10. The summed E-state index contributed by atoms with van der Waals surface area (Å²) in [5.74, 6) is 2.00. The predicted molar refractivity (Wildman–Crippen MR) is 115 cm³/mol. The monoisotopic (exact) mass is 444 g/mol. The highest BCUT2D eigenvalue weighted by molar-refractivity contribution is 14.0. The summed E-state index contributed by atoms with van der Waals surface area (Å²) in [5.41, 5.74) is 8.29. The molecule has 24 heavy (non-hydrogen) atoms. The summed E-state index contributed by atoms with van der Waals surface area (Å²) in [6, 6.07) is 8.17. The van der Waals surface area contributed by atoms with Crippen LogP contribution in [0.4, 0.5) is 5.69 Å². The van der Waals surface area contributed by atoms with E-state index in [4.69, 9.17) is 5.73 Å². The number of piperidine rings is 1. The zero-order valence-corrected chi connectivity index (χ0v) is 18.0. The van der Waals surface area contributed by atoms with E-state index in [1.165, 1.54) is 12.0 Å². The van der Waals surface area contributed by atoms with Crippen LogP contribution in [0, 0.1) is 18.8 Å². The third-order valence-corrected chi connectivity index (χ3v) is 4.65. The van der Waals surface area contributed by atoms with Gasteiger partial charge < -0.3 is 11.1 Å². The molecule has 0 spiro atoms. The van der Waals surface area contributed by atoms with Crippen molar-refractivity contribution in [2.24, 2.45) is 22.6 Å². The van der Waals surface area contributed by atoms with Crippen LogP contribution in [0.1, 0.15) is 39.7 Å². The van der Waals surface area contributed by atoms with Gasteiger partial charge in [-0.2, -0.15) is 0 Å². The van der Waals surface area contributed by atoms with Crippen LogP contribution in [-0.2, 0) is 0 Å². The van der Waals surface area contributed by atoms with Gasteiger partial charge in [-0.3, -0.25) is 9.89 Å². The van der Waals surface area contributed by atoms with Crippen molar-refractivity contribution in [3.05, 3.63) is 29.8 Å². The van der Waals surface area contributed by atoms with E-state index >= 15 is 0 Å². The lowest BCUT2D eigenvalue weighted by Crippen LogP contribution is -2.52. The molecule has 0 saturated carbocycles. The number of aliphatic imine (C=N–C) groups is 1. The van der Waals surface area contributed by atoms with Crippen molar-refractivity contribution in [3.8, 4) is 0 Å². The molecule has 0 bridgehead atoms. The normalized spacial score (nSPS) is 22.8. The highest BCUT2D eigenvalue weighted by Crippen LogP contribution is 2.27. The molecule has 2 rings (SSSR count).